The monoisotopic (exact) mass is 364 g/mol. The van der Waals surface area contributed by atoms with E-state index >= 15 is 0 Å². The van der Waals surface area contributed by atoms with Crippen LogP contribution >= 0.6 is 27.7 Å². The van der Waals surface area contributed by atoms with Gasteiger partial charge in [-0.3, -0.25) is 4.98 Å². The van der Waals surface area contributed by atoms with Crippen molar-refractivity contribution in [3.05, 3.63) is 58.3 Å². The second-order valence-electron chi connectivity index (χ2n) is 5.00. The van der Waals surface area contributed by atoms with Crippen molar-refractivity contribution in [1.82, 2.24) is 10.3 Å². The number of hydrogen-bond donors (Lipinski definition) is 1. The minimum Gasteiger partial charge on any atom is -0.309 e. The number of pyridine rings is 1. The molecule has 1 aromatic heterocycles. The summed E-state index contributed by atoms with van der Waals surface area (Å²) in [5.74, 6) is 1.01. The van der Waals surface area contributed by atoms with Crippen LogP contribution < -0.4 is 5.32 Å². The lowest BCUT2D eigenvalue weighted by molar-refractivity contribution is 0.573. The molecule has 1 atom stereocenters. The van der Waals surface area contributed by atoms with Gasteiger partial charge in [0.15, 0.2) is 0 Å². The summed E-state index contributed by atoms with van der Waals surface area (Å²) in [7, 11) is 0. The third-order valence-electron chi connectivity index (χ3n) is 3.33. The lowest BCUT2D eigenvalue weighted by Gasteiger charge is -2.20. The molecule has 112 valence electrons. The molecule has 2 rings (SSSR count). The summed E-state index contributed by atoms with van der Waals surface area (Å²) in [5.41, 5.74) is 2.60. The summed E-state index contributed by atoms with van der Waals surface area (Å²) in [6.45, 7) is 5.38. The summed E-state index contributed by atoms with van der Waals surface area (Å²) in [5, 5.41) is 3.64. The van der Waals surface area contributed by atoms with E-state index < -0.39 is 0 Å². The average Bonchev–Trinajstić information content (AvgIpc) is 2.50. The second-order valence-corrected chi connectivity index (χ2v) is 7.01. The van der Waals surface area contributed by atoms with E-state index in [1.54, 1.807) is 0 Å². The Labute approximate surface area is 139 Å². The molecule has 1 unspecified atom stereocenters. The van der Waals surface area contributed by atoms with Crippen LogP contribution in [-0.4, -0.2) is 17.3 Å². The first-order valence-electron chi connectivity index (χ1n) is 7.23. The van der Waals surface area contributed by atoms with Crippen LogP contribution in [0.5, 0.6) is 0 Å². The fourth-order valence-electron chi connectivity index (χ4n) is 2.13. The molecule has 0 aliphatic carbocycles. The molecule has 21 heavy (non-hydrogen) atoms. The Morgan fingerprint density at radius 1 is 1.24 bits per heavy atom. The highest BCUT2D eigenvalue weighted by Crippen LogP contribution is 2.27. The van der Waals surface area contributed by atoms with Crippen LogP contribution in [0.15, 0.2) is 52.1 Å². The van der Waals surface area contributed by atoms with Crippen molar-refractivity contribution in [3.8, 4) is 0 Å². The number of nitrogens with zero attached hydrogens (tertiary/aromatic N) is 1. The van der Waals surface area contributed by atoms with Crippen molar-refractivity contribution in [1.29, 1.82) is 0 Å². The number of thioether (sulfide) groups is 1. The summed E-state index contributed by atoms with van der Waals surface area (Å²) in [6.07, 6.45) is 4.99. The molecule has 0 saturated carbocycles. The van der Waals surface area contributed by atoms with E-state index in [1.165, 1.54) is 16.0 Å². The van der Waals surface area contributed by atoms with Crippen molar-refractivity contribution in [2.75, 3.05) is 12.3 Å². The Balaban J connectivity index is 2.06. The first kappa shape index (κ1) is 16.5. The zero-order valence-electron chi connectivity index (χ0n) is 12.5. The molecule has 1 heterocycles. The normalized spacial score (nSPS) is 12.3. The fraction of sp³-hybridized carbons (Fsp3) is 0.353. The van der Waals surface area contributed by atoms with Gasteiger partial charge in [-0.05, 0) is 61.3 Å². The number of aryl methyl sites for hydroxylation is 1. The molecule has 0 radical (unpaired) electrons. The van der Waals surface area contributed by atoms with Gasteiger partial charge in [-0.2, -0.15) is 0 Å². The van der Waals surface area contributed by atoms with E-state index in [0.717, 1.165) is 23.2 Å². The van der Waals surface area contributed by atoms with E-state index in [1.807, 2.05) is 24.2 Å². The Morgan fingerprint density at radius 3 is 2.67 bits per heavy atom. The zero-order chi connectivity index (χ0) is 15.1. The second kappa shape index (κ2) is 8.57. The highest BCUT2D eigenvalue weighted by Gasteiger charge is 2.13. The minimum atomic E-state index is 0.340. The molecule has 4 heteroatoms. The molecule has 0 fully saturated rings. The standard InChI is InChI=1S/C17H21BrN2S/c1-3-9-20-17(16-11-19-10-8-13(16)2)12-21-15-6-4-14(18)5-7-15/h4-8,10-11,17,20H,3,9,12H2,1-2H3. The maximum Gasteiger partial charge on any atom is 0.0433 e. The topological polar surface area (TPSA) is 24.9 Å². The fourth-order valence-corrected chi connectivity index (χ4v) is 3.38. The van der Waals surface area contributed by atoms with E-state index in [4.69, 9.17) is 0 Å². The molecule has 0 saturated heterocycles. The van der Waals surface area contributed by atoms with Crippen LogP contribution in [-0.2, 0) is 0 Å². The lowest BCUT2D eigenvalue weighted by atomic mass is 10.1. The third kappa shape index (κ3) is 5.13. The highest BCUT2D eigenvalue weighted by molar-refractivity contribution is 9.10. The van der Waals surface area contributed by atoms with Gasteiger partial charge in [0.25, 0.3) is 0 Å². The molecule has 1 aromatic carbocycles. The number of aromatic nitrogens is 1. The number of halogens is 1. The smallest absolute Gasteiger partial charge is 0.0433 e. The molecule has 0 bridgehead atoms. The molecule has 0 amide bonds. The van der Waals surface area contributed by atoms with Gasteiger partial charge in [0.2, 0.25) is 0 Å². The highest BCUT2D eigenvalue weighted by atomic mass is 79.9. The van der Waals surface area contributed by atoms with Crippen LogP contribution in [0.4, 0.5) is 0 Å². The van der Waals surface area contributed by atoms with Gasteiger partial charge in [-0.25, -0.2) is 0 Å². The summed E-state index contributed by atoms with van der Waals surface area (Å²) in [6, 6.07) is 10.9. The van der Waals surface area contributed by atoms with Crippen molar-refractivity contribution in [2.45, 2.75) is 31.2 Å². The first-order chi connectivity index (χ1) is 10.2. The van der Waals surface area contributed by atoms with Gasteiger partial charge in [0.1, 0.15) is 0 Å². The Hall–Kier alpha value is -0.840. The predicted molar refractivity (Wildman–Crippen MR) is 94.9 cm³/mol. The number of hydrogen-bond acceptors (Lipinski definition) is 3. The number of benzene rings is 1. The van der Waals surface area contributed by atoms with Crippen LogP contribution in [0.2, 0.25) is 0 Å². The van der Waals surface area contributed by atoms with Crippen molar-refractivity contribution in [3.63, 3.8) is 0 Å². The average molecular weight is 365 g/mol. The minimum absolute atomic E-state index is 0.340. The number of rotatable bonds is 7. The SMILES string of the molecule is CCCNC(CSc1ccc(Br)cc1)c1cnccc1C. The van der Waals surface area contributed by atoms with Gasteiger partial charge in [-0.15, -0.1) is 11.8 Å². The molecule has 1 N–H and O–H groups in total. The van der Waals surface area contributed by atoms with Gasteiger partial charge in [0.05, 0.1) is 0 Å². The molecule has 2 aromatic rings. The Bertz CT molecular complexity index is 557. The van der Waals surface area contributed by atoms with Gasteiger partial charge in [-0.1, -0.05) is 22.9 Å². The van der Waals surface area contributed by atoms with Gasteiger partial charge < -0.3 is 5.32 Å². The van der Waals surface area contributed by atoms with Gasteiger partial charge in [0, 0.05) is 33.6 Å². The van der Waals surface area contributed by atoms with E-state index in [9.17, 15) is 0 Å². The quantitative estimate of drug-likeness (QED) is 0.700. The molecular formula is C17H21BrN2S. The molecule has 0 spiro atoms. The molecule has 0 aliphatic rings. The Morgan fingerprint density at radius 2 is 2.00 bits per heavy atom. The van der Waals surface area contributed by atoms with Crippen LogP contribution in [0.3, 0.4) is 0 Å². The summed E-state index contributed by atoms with van der Waals surface area (Å²) >= 11 is 5.36. The zero-order valence-corrected chi connectivity index (χ0v) is 14.9. The third-order valence-corrected chi connectivity index (χ3v) is 4.96. The van der Waals surface area contributed by atoms with Crippen molar-refractivity contribution < 1.29 is 0 Å². The maximum absolute atomic E-state index is 4.29. The molecule has 2 nitrogen and oxygen atoms in total. The largest absolute Gasteiger partial charge is 0.309 e. The van der Waals surface area contributed by atoms with E-state index in [2.05, 4.69) is 70.4 Å². The van der Waals surface area contributed by atoms with E-state index in [0.29, 0.717) is 6.04 Å². The molecular weight excluding hydrogens is 344 g/mol. The van der Waals surface area contributed by atoms with Crippen molar-refractivity contribution in [2.24, 2.45) is 0 Å². The predicted octanol–water partition coefficient (Wildman–Crippen LogP) is 4.99. The van der Waals surface area contributed by atoms with Crippen molar-refractivity contribution >= 4 is 27.7 Å². The summed E-state index contributed by atoms with van der Waals surface area (Å²) in [4.78, 5) is 5.58. The number of nitrogens with one attached hydrogen (secondary N) is 1. The van der Waals surface area contributed by atoms with Crippen LogP contribution in [0.25, 0.3) is 0 Å². The molecule has 0 aliphatic heterocycles. The Kier molecular flexibility index (Phi) is 6.74. The summed E-state index contributed by atoms with van der Waals surface area (Å²) < 4.78 is 1.12. The van der Waals surface area contributed by atoms with Gasteiger partial charge >= 0.3 is 0 Å². The van der Waals surface area contributed by atoms with Crippen LogP contribution in [0, 0.1) is 6.92 Å². The maximum atomic E-state index is 4.29. The first-order valence-corrected chi connectivity index (χ1v) is 9.01. The van der Waals surface area contributed by atoms with Crippen LogP contribution in [0.1, 0.15) is 30.5 Å². The van der Waals surface area contributed by atoms with E-state index in [-0.39, 0.29) is 0 Å². The lowest BCUT2D eigenvalue weighted by Crippen LogP contribution is -2.25.